The molecule has 0 spiro atoms. The van der Waals surface area contributed by atoms with Gasteiger partial charge in [0.1, 0.15) is 5.76 Å². The van der Waals surface area contributed by atoms with Gasteiger partial charge in [-0.1, -0.05) is 53.7 Å². The first-order chi connectivity index (χ1) is 15.9. The molecule has 0 unspecified atom stereocenters. The van der Waals surface area contributed by atoms with Gasteiger partial charge in [0.05, 0.1) is 30.3 Å². The van der Waals surface area contributed by atoms with Crippen molar-refractivity contribution in [1.82, 2.24) is 10.1 Å². The number of carbonyl (C=O) groups excluding carboxylic acids is 1. The molecule has 2 aromatic carbocycles. The summed E-state index contributed by atoms with van der Waals surface area (Å²) in [4.78, 5) is 14.7. The van der Waals surface area contributed by atoms with Crippen LogP contribution < -0.4 is 5.32 Å². The van der Waals surface area contributed by atoms with E-state index in [0.717, 1.165) is 42.6 Å². The summed E-state index contributed by atoms with van der Waals surface area (Å²) >= 11 is 0. The second kappa shape index (κ2) is 10.2. The topological polar surface area (TPSA) is 78.6 Å². The second-order valence-electron chi connectivity index (χ2n) is 9.04. The highest BCUT2D eigenvalue weighted by Gasteiger charge is 2.36. The van der Waals surface area contributed by atoms with E-state index in [1.807, 2.05) is 32.0 Å². The van der Waals surface area contributed by atoms with Crippen molar-refractivity contribution in [2.24, 2.45) is 0 Å². The fourth-order valence-corrected chi connectivity index (χ4v) is 4.78. The van der Waals surface area contributed by atoms with Crippen molar-refractivity contribution in [2.45, 2.75) is 64.1 Å². The van der Waals surface area contributed by atoms with E-state index in [1.165, 1.54) is 11.1 Å². The fraction of sp³-hybridized carbons (Fsp3) is 0.407. The third-order valence-corrected chi connectivity index (χ3v) is 6.82. The number of nitrogens with one attached hydrogen (secondary N) is 1. The summed E-state index contributed by atoms with van der Waals surface area (Å²) in [5.74, 6) is 0.645. The molecule has 0 radical (unpaired) electrons. The van der Waals surface area contributed by atoms with Gasteiger partial charge in [0, 0.05) is 18.3 Å². The van der Waals surface area contributed by atoms with Gasteiger partial charge in [-0.2, -0.15) is 0 Å². The zero-order chi connectivity index (χ0) is 23.4. The number of hydrogen-bond acceptors (Lipinski definition) is 5. The molecule has 2 N–H and O–H groups in total. The molecule has 3 atom stereocenters. The maximum atomic E-state index is 13.0. The Kier molecular flexibility index (Phi) is 7.14. The molecular formula is C27H33N3O3. The summed E-state index contributed by atoms with van der Waals surface area (Å²) in [6, 6.07) is 18.3. The molecule has 1 heterocycles. The third kappa shape index (κ3) is 5.28. The number of amides is 1. The summed E-state index contributed by atoms with van der Waals surface area (Å²) in [5.41, 5.74) is 5.06. The molecule has 4 rings (SSSR count). The van der Waals surface area contributed by atoms with Gasteiger partial charge in [0.25, 0.3) is 0 Å². The van der Waals surface area contributed by atoms with Gasteiger partial charge in [-0.15, -0.1) is 0 Å². The molecule has 6 heteroatoms. The molecule has 1 fully saturated rings. The third-order valence-electron chi connectivity index (χ3n) is 6.82. The number of aromatic nitrogens is 1. The summed E-state index contributed by atoms with van der Waals surface area (Å²) in [5, 5.41) is 18.8. The maximum absolute atomic E-state index is 13.0. The lowest BCUT2D eigenvalue weighted by Crippen LogP contribution is -2.54. The van der Waals surface area contributed by atoms with Crippen LogP contribution in [0.25, 0.3) is 0 Å². The average molecular weight is 448 g/mol. The van der Waals surface area contributed by atoms with Crippen LogP contribution in [0.4, 0.5) is 5.69 Å². The SMILES string of the molecule is Cc1noc(C)c1CC(=O)N(C)[C@@H]1CCC[C@@H](Nc2ccccc2Cc2ccccc2)[C@@H]1O. The number of aryl methyl sites for hydroxylation is 2. The molecule has 3 aromatic rings. The normalized spacial score (nSPS) is 20.4. The number of rotatable bonds is 7. The summed E-state index contributed by atoms with van der Waals surface area (Å²) < 4.78 is 5.20. The minimum absolute atomic E-state index is 0.0291. The maximum Gasteiger partial charge on any atom is 0.227 e. The lowest BCUT2D eigenvalue weighted by atomic mass is 9.86. The minimum Gasteiger partial charge on any atom is -0.389 e. The minimum atomic E-state index is -0.651. The molecule has 6 nitrogen and oxygen atoms in total. The van der Waals surface area contributed by atoms with Crippen LogP contribution in [-0.4, -0.2) is 46.3 Å². The second-order valence-corrected chi connectivity index (χ2v) is 9.04. The van der Waals surface area contributed by atoms with Gasteiger partial charge in [0.15, 0.2) is 0 Å². The first kappa shape index (κ1) is 23.1. The molecule has 1 saturated carbocycles. The van der Waals surface area contributed by atoms with Crippen LogP contribution in [-0.2, 0) is 17.6 Å². The van der Waals surface area contributed by atoms with Gasteiger partial charge >= 0.3 is 0 Å². The molecule has 0 bridgehead atoms. The van der Waals surface area contributed by atoms with Gasteiger partial charge in [-0.3, -0.25) is 4.79 Å². The predicted molar refractivity (Wildman–Crippen MR) is 129 cm³/mol. The van der Waals surface area contributed by atoms with Gasteiger partial charge < -0.3 is 19.8 Å². The van der Waals surface area contributed by atoms with Crippen molar-refractivity contribution < 1.29 is 14.4 Å². The Balaban J connectivity index is 1.45. The molecule has 1 aliphatic rings. The number of nitrogens with zero attached hydrogens (tertiary/aromatic N) is 2. The van der Waals surface area contributed by atoms with Crippen LogP contribution in [0.2, 0.25) is 0 Å². The predicted octanol–water partition coefficient (Wildman–Crippen LogP) is 4.28. The lowest BCUT2D eigenvalue weighted by Gasteiger charge is -2.40. The summed E-state index contributed by atoms with van der Waals surface area (Å²) in [6.07, 6.45) is 3.01. The van der Waals surface area contributed by atoms with Crippen LogP contribution in [0, 0.1) is 13.8 Å². The molecule has 0 aliphatic heterocycles. The summed E-state index contributed by atoms with van der Waals surface area (Å²) in [6.45, 7) is 3.67. The number of para-hydroxylation sites is 1. The van der Waals surface area contributed by atoms with Crippen molar-refractivity contribution in [1.29, 1.82) is 0 Å². The van der Waals surface area contributed by atoms with Crippen LogP contribution in [0.15, 0.2) is 59.1 Å². The van der Waals surface area contributed by atoms with E-state index in [4.69, 9.17) is 4.52 Å². The monoisotopic (exact) mass is 447 g/mol. The Morgan fingerprint density at radius 2 is 1.85 bits per heavy atom. The van der Waals surface area contributed by atoms with Crippen molar-refractivity contribution in [3.8, 4) is 0 Å². The average Bonchev–Trinajstić information content (AvgIpc) is 3.14. The van der Waals surface area contributed by atoms with E-state index in [-0.39, 0.29) is 24.4 Å². The van der Waals surface area contributed by atoms with Crippen LogP contribution in [0.1, 0.15) is 47.4 Å². The highest BCUT2D eigenvalue weighted by Crippen LogP contribution is 2.28. The quantitative estimate of drug-likeness (QED) is 0.565. The fourth-order valence-electron chi connectivity index (χ4n) is 4.78. The number of carbonyl (C=O) groups is 1. The number of aliphatic hydroxyl groups is 1. The smallest absolute Gasteiger partial charge is 0.227 e. The van der Waals surface area contributed by atoms with E-state index in [2.05, 4.69) is 46.9 Å². The standard InChI is InChI=1S/C27H33N3O3/c1-18-22(19(2)33-29-18)17-26(31)30(3)25-15-9-14-24(27(25)32)28-23-13-8-7-12-21(23)16-20-10-5-4-6-11-20/h4-8,10-13,24-25,27-28,32H,9,14-17H2,1-3H3/t24-,25-,27+/m1/s1. The number of hydrogen-bond donors (Lipinski definition) is 2. The van der Waals surface area contributed by atoms with Crippen molar-refractivity contribution in [3.63, 3.8) is 0 Å². The Hall–Kier alpha value is -3.12. The number of anilines is 1. The summed E-state index contributed by atoms with van der Waals surface area (Å²) in [7, 11) is 1.79. The van der Waals surface area contributed by atoms with Crippen molar-refractivity contribution in [3.05, 3.63) is 82.7 Å². The van der Waals surface area contributed by atoms with Crippen LogP contribution >= 0.6 is 0 Å². The van der Waals surface area contributed by atoms with Crippen LogP contribution in [0.3, 0.4) is 0 Å². The van der Waals surface area contributed by atoms with Gasteiger partial charge in [-0.05, 0) is 56.7 Å². The van der Waals surface area contributed by atoms with Crippen LogP contribution in [0.5, 0.6) is 0 Å². The Morgan fingerprint density at radius 1 is 1.12 bits per heavy atom. The number of benzene rings is 2. The molecule has 1 aliphatic carbocycles. The number of aliphatic hydroxyl groups excluding tert-OH is 1. The molecule has 33 heavy (non-hydrogen) atoms. The Bertz CT molecular complexity index is 1060. The zero-order valence-electron chi connectivity index (χ0n) is 19.6. The highest BCUT2D eigenvalue weighted by atomic mass is 16.5. The van der Waals surface area contributed by atoms with E-state index < -0.39 is 6.10 Å². The highest BCUT2D eigenvalue weighted by molar-refractivity contribution is 5.79. The van der Waals surface area contributed by atoms with Gasteiger partial charge in [-0.25, -0.2) is 0 Å². The Morgan fingerprint density at radius 3 is 2.58 bits per heavy atom. The molecule has 174 valence electrons. The molecule has 1 aromatic heterocycles. The van der Waals surface area contributed by atoms with Crippen molar-refractivity contribution >= 4 is 11.6 Å². The largest absolute Gasteiger partial charge is 0.389 e. The first-order valence-corrected chi connectivity index (χ1v) is 11.7. The molecule has 1 amide bonds. The van der Waals surface area contributed by atoms with Crippen molar-refractivity contribution in [2.75, 3.05) is 12.4 Å². The first-order valence-electron chi connectivity index (χ1n) is 11.7. The number of likely N-dealkylation sites (N-methyl/N-ethyl adjacent to an activating group) is 1. The van der Waals surface area contributed by atoms with E-state index in [0.29, 0.717) is 5.76 Å². The molecule has 0 saturated heterocycles. The molecular weight excluding hydrogens is 414 g/mol. The zero-order valence-corrected chi connectivity index (χ0v) is 19.6. The van der Waals surface area contributed by atoms with E-state index in [1.54, 1.807) is 11.9 Å². The lowest BCUT2D eigenvalue weighted by molar-refractivity contribution is -0.134. The van der Waals surface area contributed by atoms with E-state index >= 15 is 0 Å². The van der Waals surface area contributed by atoms with Gasteiger partial charge in [0.2, 0.25) is 5.91 Å². The van der Waals surface area contributed by atoms with E-state index in [9.17, 15) is 9.90 Å². The Labute approximate surface area is 195 Å².